The molecule has 8 heteroatoms. The third-order valence-electron chi connectivity index (χ3n) is 5.88. The maximum atomic E-state index is 13.4. The van der Waals surface area contributed by atoms with Gasteiger partial charge in [0.2, 0.25) is 5.91 Å². The molecule has 2 aromatic rings. The van der Waals surface area contributed by atoms with Gasteiger partial charge in [-0.3, -0.25) is 14.5 Å². The Labute approximate surface area is 188 Å². The van der Waals surface area contributed by atoms with E-state index in [2.05, 4.69) is 10.2 Å². The van der Waals surface area contributed by atoms with Gasteiger partial charge in [0.15, 0.2) is 0 Å². The number of aromatic nitrogens is 2. The number of carbonyl (C=O) groups excluding carboxylic acids is 2. The molecule has 2 amide bonds. The summed E-state index contributed by atoms with van der Waals surface area (Å²) in [5.74, 6) is 1.54. The van der Waals surface area contributed by atoms with E-state index in [1.54, 1.807) is 0 Å². The van der Waals surface area contributed by atoms with E-state index < -0.39 is 0 Å². The Morgan fingerprint density at radius 3 is 2.52 bits per heavy atom. The molecule has 168 valence electrons. The lowest BCUT2D eigenvalue weighted by Gasteiger charge is -2.25. The number of carbonyl (C=O) groups is 2. The number of amides is 2. The molecular weight excluding hydrogens is 410 g/mol. The maximum Gasteiger partial charge on any atom is 0.264 e. The lowest BCUT2D eigenvalue weighted by atomic mass is 10.1. The first-order valence-corrected chi connectivity index (χ1v) is 12.0. The molecule has 1 N–H and O–H groups in total. The molecule has 0 aromatic carbocycles. The third kappa shape index (κ3) is 5.06. The molecule has 4 rings (SSSR count). The average Bonchev–Trinajstić information content (AvgIpc) is 3.47. The van der Waals surface area contributed by atoms with Crippen LogP contribution in [-0.2, 0) is 4.79 Å². The van der Waals surface area contributed by atoms with E-state index in [-0.39, 0.29) is 17.4 Å². The molecule has 2 fully saturated rings. The van der Waals surface area contributed by atoms with Gasteiger partial charge in [0.1, 0.15) is 10.7 Å². The molecule has 1 aliphatic heterocycles. The van der Waals surface area contributed by atoms with E-state index >= 15 is 0 Å². The highest BCUT2D eigenvalue weighted by molar-refractivity contribution is 7.20. The zero-order valence-electron chi connectivity index (χ0n) is 19.2. The molecule has 2 aliphatic rings. The molecule has 31 heavy (non-hydrogen) atoms. The predicted molar refractivity (Wildman–Crippen MR) is 124 cm³/mol. The fourth-order valence-electron chi connectivity index (χ4n) is 4.22. The summed E-state index contributed by atoms with van der Waals surface area (Å²) in [7, 11) is 0. The first-order chi connectivity index (χ1) is 14.6. The molecule has 0 atom stereocenters. The van der Waals surface area contributed by atoms with Gasteiger partial charge in [-0.25, -0.2) is 9.97 Å². The summed E-state index contributed by atoms with van der Waals surface area (Å²) in [4.78, 5) is 41.0. The van der Waals surface area contributed by atoms with Gasteiger partial charge >= 0.3 is 0 Å². The standard InChI is InChI=1S/C23H33N5O2S/c1-14-18-15(2)24-20(16-7-8-16)25-21(18)31-19(14)22(30)28-10-6-9-27(11-12-28)13-17(29)26-23(3,4)5/h16H,6-13H2,1-5H3,(H,26,29). The normalized spacial score (nSPS) is 18.3. The predicted octanol–water partition coefficient (Wildman–Crippen LogP) is 3.25. The zero-order valence-corrected chi connectivity index (χ0v) is 20.1. The smallest absolute Gasteiger partial charge is 0.264 e. The van der Waals surface area contributed by atoms with Gasteiger partial charge in [-0.2, -0.15) is 0 Å². The monoisotopic (exact) mass is 443 g/mol. The second-order valence-corrected chi connectivity index (χ2v) is 10.9. The lowest BCUT2D eigenvalue weighted by molar-refractivity contribution is -0.123. The molecule has 0 bridgehead atoms. The lowest BCUT2D eigenvalue weighted by Crippen LogP contribution is -2.46. The second-order valence-electron chi connectivity index (χ2n) is 9.90. The molecule has 0 unspecified atom stereocenters. The highest BCUT2D eigenvalue weighted by Gasteiger charge is 2.30. The van der Waals surface area contributed by atoms with Crippen LogP contribution in [0.4, 0.5) is 0 Å². The van der Waals surface area contributed by atoms with Crippen LogP contribution in [0, 0.1) is 13.8 Å². The van der Waals surface area contributed by atoms with Gasteiger partial charge in [0.25, 0.3) is 5.91 Å². The number of nitrogens with one attached hydrogen (secondary N) is 1. The zero-order chi connectivity index (χ0) is 22.3. The molecule has 0 radical (unpaired) electrons. The number of hydrogen-bond donors (Lipinski definition) is 1. The van der Waals surface area contributed by atoms with Crippen molar-refractivity contribution < 1.29 is 9.59 Å². The Balaban J connectivity index is 1.46. The quantitative estimate of drug-likeness (QED) is 0.785. The molecule has 2 aromatic heterocycles. The number of thiophene rings is 1. The van der Waals surface area contributed by atoms with Crippen LogP contribution in [-0.4, -0.2) is 69.8 Å². The molecule has 1 aliphatic carbocycles. The summed E-state index contributed by atoms with van der Waals surface area (Å²) in [6.07, 6.45) is 3.20. The Bertz CT molecular complexity index is 1010. The van der Waals surface area contributed by atoms with Crippen LogP contribution in [0.2, 0.25) is 0 Å². The SMILES string of the molecule is Cc1nc(C2CC2)nc2sc(C(=O)N3CCCN(CC(=O)NC(C)(C)C)CC3)c(C)c12. The average molecular weight is 444 g/mol. The van der Waals surface area contributed by atoms with E-state index in [1.807, 2.05) is 39.5 Å². The Morgan fingerprint density at radius 2 is 1.84 bits per heavy atom. The Morgan fingerprint density at radius 1 is 1.10 bits per heavy atom. The Hall–Kier alpha value is -2.06. The molecule has 3 heterocycles. The molecular formula is C23H33N5O2S. The van der Waals surface area contributed by atoms with Gasteiger partial charge in [0, 0.05) is 43.0 Å². The fraction of sp³-hybridized carbons (Fsp3) is 0.652. The van der Waals surface area contributed by atoms with Gasteiger partial charge in [-0.15, -0.1) is 11.3 Å². The van der Waals surface area contributed by atoms with Crippen molar-refractivity contribution in [3.05, 3.63) is 22.0 Å². The highest BCUT2D eigenvalue weighted by atomic mass is 32.1. The molecule has 0 spiro atoms. The van der Waals surface area contributed by atoms with E-state index in [1.165, 1.54) is 24.2 Å². The van der Waals surface area contributed by atoms with Crippen molar-refractivity contribution in [1.82, 2.24) is 25.1 Å². The summed E-state index contributed by atoms with van der Waals surface area (Å²) in [6, 6.07) is 0. The number of nitrogens with zero attached hydrogens (tertiary/aromatic N) is 4. The number of aryl methyl sites for hydroxylation is 2. The van der Waals surface area contributed by atoms with Crippen LogP contribution in [0.15, 0.2) is 0 Å². The van der Waals surface area contributed by atoms with Crippen LogP contribution < -0.4 is 5.32 Å². The molecule has 7 nitrogen and oxygen atoms in total. The second kappa shape index (κ2) is 8.47. The Kier molecular flexibility index (Phi) is 6.05. The summed E-state index contributed by atoms with van der Waals surface area (Å²) in [6.45, 7) is 13.2. The fourth-order valence-corrected chi connectivity index (χ4v) is 5.43. The van der Waals surface area contributed by atoms with E-state index in [0.717, 1.165) is 45.1 Å². The van der Waals surface area contributed by atoms with Gasteiger partial charge in [0.05, 0.1) is 17.1 Å². The van der Waals surface area contributed by atoms with Crippen LogP contribution in [0.3, 0.4) is 0 Å². The highest BCUT2D eigenvalue weighted by Crippen LogP contribution is 2.40. The summed E-state index contributed by atoms with van der Waals surface area (Å²) in [5, 5.41) is 4.05. The molecule has 1 saturated heterocycles. The van der Waals surface area contributed by atoms with E-state index in [4.69, 9.17) is 9.97 Å². The third-order valence-corrected chi connectivity index (χ3v) is 7.06. The minimum absolute atomic E-state index is 0.0353. The van der Waals surface area contributed by atoms with Gasteiger partial charge < -0.3 is 10.2 Å². The van der Waals surface area contributed by atoms with Crippen molar-refractivity contribution >= 4 is 33.4 Å². The van der Waals surface area contributed by atoms with Crippen LogP contribution in [0.5, 0.6) is 0 Å². The van der Waals surface area contributed by atoms with E-state index in [9.17, 15) is 9.59 Å². The van der Waals surface area contributed by atoms with Crippen LogP contribution >= 0.6 is 11.3 Å². The van der Waals surface area contributed by atoms with Crippen molar-refractivity contribution in [2.75, 3.05) is 32.7 Å². The van der Waals surface area contributed by atoms with Crippen molar-refractivity contribution in [3.8, 4) is 0 Å². The maximum absolute atomic E-state index is 13.4. The summed E-state index contributed by atoms with van der Waals surface area (Å²) < 4.78 is 0. The first kappa shape index (κ1) is 22.1. The minimum Gasteiger partial charge on any atom is -0.350 e. The van der Waals surface area contributed by atoms with Gasteiger partial charge in [-0.1, -0.05) is 0 Å². The summed E-state index contributed by atoms with van der Waals surface area (Å²) >= 11 is 1.50. The summed E-state index contributed by atoms with van der Waals surface area (Å²) in [5.41, 5.74) is 1.74. The topological polar surface area (TPSA) is 78.4 Å². The van der Waals surface area contributed by atoms with Crippen molar-refractivity contribution in [1.29, 1.82) is 0 Å². The number of fused-ring (bicyclic) bond motifs is 1. The number of rotatable bonds is 4. The van der Waals surface area contributed by atoms with Gasteiger partial charge in [-0.05, 0) is 59.4 Å². The van der Waals surface area contributed by atoms with Crippen molar-refractivity contribution in [2.45, 2.75) is 65.3 Å². The van der Waals surface area contributed by atoms with Crippen LogP contribution in [0.1, 0.15) is 72.7 Å². The van der Waals surface area contributed by atoms with Crippen LogP contribution in [0.25, 0.3) is 10.2 Å². The molecule has 1 saturated carbocycles. The van der Waals surface area contributed by atoms with Crippen molar-refractivity contribution in [3.63, 3.8) is 0 Å². The van der Waals surface area contributed by atoms with Crippen molar-refractivity contribution in [2.24, 2.45) is 0 Å². The van der Waals surface area contributed by atoms with E-state index in [0.29, 0.717) is 32.1 Å². The largest absolute Gasteiger partial charge is 0.350 e. The number of hydrogen-bond acceptors (Lipinski definition) is 6. The first-order valence-electron chi connectivity index (χ1n) is 11.2. The minimum atomic E-state index is -0.232.